The molecule has 0 spiro atoms. The molecule has 4 unspecified atom stereocenters. The Balaban J connectivity index is 5.34. The van der Waals surface area contributed by atoms with Gasteiger partial charge in [-0.25, -0.2) is 0 Å². The van der Waals surface area contributed by atoms with Crippen LogP contribution in [0.5, 0.6) is 0 Å². The van der Waals surface area contributed by atoms with Crippen LogP contribution in [0.25, 0.3) is 0 Å². The molecule has 0 radical (unpaired) electrons. The quantitative estimate of drug-likeness (QED) is 0.0376. The minimum Gasteiger partial charge on any atom is -0.481 e. The van der Waals surface area contributed by atoms with E-state index in [9.17, 15) is 29.4 Å². The zero-order valence-corrected chi connectivity index (χ0v) is 31.9. The van der Waals surface area contributed by atoms with Gasteiger partial charge in [0.25, 0.3) is 0 Å². The van der Waals surface area contributed by atoms with Gasteiger partial charge in [-0.15, -0.1) is 0 Å². The van der Waals surface area contributed by atoms with E-state index in [1.165, 1.54) is 19.3 Å². The number of aliphatic hydroxyl groups is 1. The summed E-state index contributed by atoms with van der Waals surface area (Å²) in [6.45, 7) is 8.54. The van der Waals surface area contributed by atoms with Crippen molar-refractivity contribution in [2.24, 2.45) is 0 Å². The fourth-order valence-corrected chi connectivity index (χ4v) is 6.08. The van der Waals surface area contributed by atoms with Gasteiger partial charge in [0.15, 0.2) is 0 Å². The number of hydrogen-bond acceptors (Lipinski definition) is 8. The number of carbonyl (C=O) groups excluding carboxylic acids is 3. The van der Waals surface area contributed by atoms with Crippen molar-refractivity contribution in [1.82, 2.24) is 0 Å². The van der Waals surface area contributed by atoms with Crippen LogP contribution in [0.3, 0.4) is 0 Å². The molecule has 0 aliphatic carbocycles. The predicted molar refractivity (Wildman–Crippen MR) is 195 cm³/mol. The first kappa shape index (κ1) is 46.8. The van der Waals surface area contributed by atoms with Crippen LogP contribution >= 0.6 is 0 Å². The van der Waals surface area contributed by atoms with E-state index >= 15 is 0 Å². The van der Waals surface area contributed by atoms with Crippen LogP contribution in [0.1, 0.15) is 207 Å². The van der Waals surface area contributed by atoms with Gasteiger partial charge in [-0.2, -0.15) is 0 Å². The fourth-order valence-electron chi connectivity index (χ4n) is 6.08. The molecule has 0 amide bonds. The highest BCUT2D eigenvalue weighted by atomic mass is 16.6. The van der Waals surface area contributed by atoms with Gasteiger partial charge in [0.1, 0.15) is 18.3 Å². The molecule has 0 aromatic heterocycles. The number of unbranched alkanes of at least 4 members (excludes halogenated alkanes) is 16. The van der Waals surface area contributed by atoms with Crippen LogP contribution in [-0.4, -0.2) is 58.5 Å². The lowest BCUT2D eigenvalue weighted by Gasteiger charge is -2.22. The summed E-state index contributed by atoms with van der Waals surface area (Å²) < 4.78 is 17.2. The van der Waals surface area contributed by atoms with Crippen LogP contribution in [0.4, 0.5) is 0 Å². The van der Waals surface area contributed by atoms with Crippen LogP contribution in [-0.2, 0) is 33.4 Å². The first-order valence-corrected chi connectivity index (χ1v) is 20.1. The minimum atomic E-state index is -1.01. The Morgan fingerprint density at radius 2 is 0.694 bits per heavy atom. The van der Waals surface area contributed by atoms with E-state index in [1.807, 2.05) is 0 Å². The van der Waals surface area contributed by atoms with Gasteiger partial charge >= 0.3 is 23.9 Å². The van der Waals surface area contributed by atoms with Crippen LogP contribution in [0.2, 0.25) is 0 Å². The average Bonchev–Trinajstić information content (AvgIpc) is 3.03. The highest BCUT2D eigenvalue weighted by molar-refractivity contribution is 5.74. The molecule has 0 aromatic carbocycles. The maximum Gasteiger partial charge on any atom is 0.309 e. The number of esters is 3. The van der Waals surface area contributed by atoms with Crippen LogP contribution in [0.15, 0.2) is 0 Å². The van der Waals surface area contributed by atoms with Crippen molar-refractivity contribution in [3.63, 3.8) is 0 Å². The van der Waals surface area contributed by atoms with Gasteiger partial charge in [0, 0.05) is 0 Å². The number of ether oxygens (including phenoxy) is 3. The highest BCUT2D eigenvalue weighted by Gasteiger charge is 2.26. The third kappa shape index (κ3) is 30.4. The van der Waals surface area contributed by atoms with Gasteiger partial charge in [-0.3, -0.25) is 19.2 Å². The van der Waals surface area contributed by atoms with Crippen molar-refractivity contribution in [1.29, 1.82) is 0 Å². The molecule has 2 N–H and O–H groups in total. The van der Waals surface area contributed by atoms with E-state index in [4.69, 9.17) is 14.2 Å². The Kier molecular flexibility index (Phi) is 31.6. The Labute approximate surface area is 299 Å². The molecule has 49 heavy (non-hydrogen) atoms. The number of aliphatic carboxylic acids is 1. The van der Waals surface area contributed by atoms with Gasteiger partial charge in [0.2, 0.25) is 0 Å². The lowest BCUT2D eigenvalue weighted by atomic mass is 10.0. The zero-order chi connectivity index (χ0) is 36.5. The van der Waals surface area contributed by atoms with Crippen LogP contribution in [0, 0.1) is 0 Å². The summed E-state index contributed by atoms with van der Waals surface area (Å²) in [5.41, 5.74) is 0. The number of hydrogen-bond donors (Lipinski definition) is 2. The second kappa shape index (κ2) is 33.0. The average molecular weight is 699 g/mol. The Morgan fingerprint density at radius 1 is 0.408 bits per heavy atom. The van der Waals surface area contributed by atoms with Gasteiger partial charge in [0.05, 0.1) is 31.8 Å². The van der Waals surface area contributed by atoms with E-state index in [0.717, 1.165) is 109 Å². The second-order valence-electron chi connectivity index (χ2n) is 14.0. The molecule has 0 aliphatic heterocycles. The van der Waals surface area contributed by atoms with Crippen molar-refractivity contribution in [2.75, 3.05) is 0 Å². The van der Waals surface area contributed by atoms with Crippen molar-refractivity contribution >= 4 is 23.9 Å². The predicted octanol–water partition coefficient (Wildman–Crippen LogP) is 10.2. The lowest BCUT2D eigenvalue weighted by molar-refractivity contribution is -0.162. The summed E-state index contributed by atoms with van der Waals surface area (Å²) in [4.78, 5) is 50.5. The molecular weight excluding hydrogens is 624 g/mol. The molecule has 0 fully saturated rings. The van der Waals surface area contributed by atoms with Crippen molar-refractivity contribution in [2.45, 2.75) is 232 Å². The molecule has 0 saturated heterocycles. The van der Waals surface area contributed by atoms with Crippen molar-refractivity contribution in [3.8, 4) is 0 Å². The van der Waals surface area contributed by atoms with E-state index in [1.54, 1.807) is 0 Å². The third-order valence-corrected chi connectivity index (χ3v) is 9.02. The largest absolute Gasteiger partial charge is 0.481 e. The Hall–Kier alpha value is -2.16. The number of carboxylic acid groups (broad SMARTS) is 1. The summed E-state index contributed by atoms with van der Waals surface area (Å²) >= 11 is 0. The molecule has 0 bridgehead atoms. The lowest BCUT2D eigenvalue weighted by Crippen LogP contribution is -2.29. The maximum absolute atomic E-state index is 13.2. The first-order chi connectivity index (χ1) is 23.6. The molecule has 0 rings (SSSR count). The van der Waals surface area contributed by atoms with Crippen molar-refractivity contribution in [3.05, 3.63) is 0 Å². The molecule has 9 heteroatoms. The third-order valence-electron chi connectivity index (χ3n) is 9.02. The minimum absolute atomic E-state index is 0.103. The Morgan fingerprint density at radius 3 is 1.06 bits per heavy atom. The summed E-state index contributed by atoms with van der Waals surface area (Å²) in [6.07, 6.45) is 19.1. The monoisotopic (exact) mass is 699 g/mol. The van der Waals surface area contributed by atoms with E-state index in [2.05, 4.69) is 27.7 Å². The summed E-state index contributed by atoms with van der Waals surface area (Å²) in [5, 5.41) is 19.7. The second-order valence-corrected chi connectivity index (χ2v) is 14.0. The van der Waals surface area contributed by atoms with Gasteiger partial charge in [-0.05, 0) is 44.9 Å². The molecular formula is C40H74O9. The first-order valence-electron chi connectivity index (χ1n) is 20.1. The van der Waals surface area contributed by atoms with E-state index in [0.29, 0.717) is 25.7 Å². The fraction of sp³-hybridized carbons (Fsp3) is 0.900. The molecule has 288 valence electrons. The van der Waals surface area contributed by atoms with Crippen LogP contribution < -0.4 is 0 Å². The SMILES string of the molecule is CCCCCCCCCC(CC(=O)O)OC(=O)CC(CCCCCCC)OC(=O)CC(CCCCCCC)OC(=O)CC(O)CCCCC. The number of carbonyl (C=O) groups is 4. The van der Waals surface area contributed by atoms with Crippen molar-refractivity contribution < 1.29 is 43.6 Å². The molecule has 4 atom stereocenters. The Bertz CT molecular complexity index is 831. The molecule has 0 aliphatic rings. The smallest absolute Gasteiger partial charge is 0.309 e. The molecule has 9 nitrogen and oxygen atoms in total. The number of rotatable bonds is 35. The zero-order valence-electron chi connectivity index (χ0n) is 31.9. The van der Waals surface area contributed by atoms with Gasteiger partial charge < -0.3 is 24.4 Å². The number of aliphatic hydroxyl groups excluding tert-OH is 1. The topological polar surface area (TPSA) is 136 Å². The van der Waals surface area contributed by atoms with E-state index in [-0.39, 0.29) is 25.7 Å². The molecule has 0 heterocycles. The van der Waals surface area contributed by atoms with E-state index < -0.39 is 48.3 Å². The highest BCUT2D eigenvalue weighted by Crippen LogP contribution is 2.20. The standard InChI is InChI=1S/C40H74O9/c1-5-9-13-16-17-20-24-26-34(30-37(42)43)47-39(45)32-36(28-23-19-15-11-7-3)49-40(46)31-35(27-22-18-14-10-6-2)48-38(44)29-33(41)25-21-12-8-4/h33-36,41H,5-32H2,1-4H3,(H,42,43). The normalized spacial score (nSPS) is 13.7. The molecule has 0 saturated carbocycles. The summed E-state index contributed by atoms with van der Waals surface area (Å²) in [7, 11) is 0. The summed E-state index contributed by atoms with van der Waals surface area (Å²) in [6, 6.07) is 0. The number of carboxylic acids is 1. The summed E-state index contributed by atoms with van der Waals surface area (Å²) in [5.74, 6) is -2.62. The van der Waals surface area contributed by atoms with Gasteiger partial charge in [-0.1, -0.05) is 137 Å². The molecule has 0 aromatic rings. The maximum atomic E-state index is 13.2.